The molecular weight excluding hydrogens is 495 g/mol. The first-order chi connectivity index (χ1) is 18.9. The number of nitrogens with zero attached hydrogens (tertiary/aromatic N) is 4. The predicted molar refractivity (Wildman–Crippen MR) is 154 cm³/mol. The zero-order chi connectivity index (χ0) is 27.5. The van der Waals surface area contributed by atoms with E-state index in [0.717, 1.165) is 41.7 Å². The summed E-state index contributed by atoms with van der Waals surface area (Å²) in [6, 6.07) is 16.3. The summed E-state index contributed by atoms with van der Waals surface area (Å²) >= 11 is 0. The number of methoxy groups -OCH3 is 1. The van der Waals surface area contributed by atoms with Crippen molar-refractivity contribution in [3.05, 3.63) is 79.3 Å². The molecule has 0 aliphatic carbocycles. The third kappa shape index (κ3) is 5.53. The van der Waals surface area contributed by atoms with Gasteiger partial charge in [0.25, 0.3) is 0 Å². The lowest BCUT2D eigenvalue weighted by atomic mass is 10.0. The fourth-order valence-corrected chi connectivity index (χ4v) is 4.89. The smallest absolute Gasteiger partial charge is 0.247 e. The van der Waals surface area contributed by atoms with Crippen molar-refractivity contribution in [3.63, 3.8) is 0 Å². The van der Waals surface area contributed by atoms with Crippen LogP contribution in [-0.4, -0.2) is 61.1 Å². The van der Waals surface area contributed by atoms with Crippen LogP contribution in [0.5, 0.6) is 5.75 Å². The van der Waals surface area contributed by atoms with Crippen molar-refractivity contribution in [2.75, 3.05) is 49.8 Å². The van der Waals surface area contributed by atoms with E-state index in [0.29, 0.717) is 34.6 Å². The minimum atomic E-state index is -0.314. The maximum Gasteiger partial charge on any atom is 0.247 e. The van der Waals surface area contributed by atoms with Gasteiger partial charge in [0.15, 0.2) is 0 Å². The molecule has 1 saturated heterocycles. The molecule has 1 aliphatic heterocycles. The average molecular weight is 527 g/mol. The summed E-state index contributed by atoms with van der Waals surface area (Å²) in [5.41, 5.74) is 4.29. The normalized spacial score (nSPS) is 15.0. The molecule has 0 saturated carbocycles. The highest BCUT2D eigenvalue weighted by atomic mass is 19.1. The number of anilines is 4. The second kappa shape index (κ2) is 11.1. The molecule has 1 amide bonds. The first-order valence-electron chi connectivity index (χ1n) is 12.7. The molecule has 2 N–H and O–H groups in total. The molecule has 3 aromatic carbocycles. The highest BCUT2D eigenvalue weighted by molar-refractivity contribution is 6.02. The largest absolute Gasteiger partial charge is 0.494 e. The topological polar surface area (TPSA) is 82.6 Å². The molecule has 39 heavy (non-hydrogen) atoms. The van der Waals surface area contributed by atoms with Gasteiger partial charge in [-0.15, -0.1) is 0 Å². The van der Waals surface area contributed by atoms with Gasteiger partial charge >= 0.3 is 0 Å². The second-order valence-electron chi connectivity index (χ2n) is 9.69. The van der Waals surface area contributed by atoms with E-state index in [2.05, 4.69) is 46.1 Å². The van der Waals surface area contributed by atoms with Crippen molar-refractivity contribution in [3.8, 4) is 16.9 Å². The van der Waals surface area contributed by atoms with Crippen LogP contribution in [0.15, 0.2) is 73.4 Å². The molecular formula is C30H31FN6O2. The molecule has 4 aromatic rings. The highest BCUT2D eigenvalue weighted by Gasteiger charge is 2.27. The molecule has 9 heteroatoms. The monoisotopic (exact) mass is 526 g/mol. The van der Waals surface area contributed by atoms with Gasteiger partial charge in [-0.3, -0.25) is 4.79 Å². The molecule has 2 heterocycles. The third-order valence-corrected chi connectivity index (χ3v) is 6.99. The number of amides is 1. The molecule has 5 rings (SSSR count). The first-order valence-corrected chi connectivity index (χ1v) is 12.7. The van der Waals surface area contributed by atoms with Gasteiger partial charge in [0.2, 0.25) is 11.9 Å². The fraction of sp³-hybridized carbons (Fsp3) is 0.233. The van der Waals surface area contributed by atoms with Gasteiger partial charge in [0.1, 0.15) is 11.6 Å². The van der Waals surface area contributed by atoms with Crippen LogP contribution in [0.3, 0.4) is 0 Å². The highest BCUT2D eigenvalue weighted by Crippen LogP contribution is 2.40. The van der Waals surface area contributed by atoms with Crippen molar-refractivity contribution in [2.24, 2.45) is 0 Å². The molecule has 1 unspecified atom stereocenters. The SMILES string of the molecule is C=CC(=O)Nc1cc(Nc2ncc3cccc(-c4cccc(F)c4)c3n2)c(OC)cc1N1CCC(N(C)C)C1. The Bertz CT molecular complexity index is 1540. The zero-order valence-corrected chi connectivity index (χ0v) is 22.2. The van der Waals surface area contributed by atoms with Crippen LogP contribution in [0.1, 0.15) is 6.42 Å². The van der Waals surface area contributed by atoms with Crippen LogP contribution in [-0.2, 0) is 4.79 Å². The van der Waals surface area contributed by atoms with Crippen LogP contribution in [0.4, 0.5) is 27.4 Å². The summed E-state index contributed by atoms with van der Waals surface area (Å²) < 4.78 is 19.7. The number of hydrogen-bond donors (Lipinski definition) is 2. The van der Waals surface area contributed by atoms with Crippen molar-refractivity contribution in [1.82, 2.24) is 14.9 Å². The standard InChI is InChI=1S/C30H31FN6O2/c1-5-28(38)33-24-15-25(27(39-4)16-26(24)37-13-12-22(18-37)36(2)3)34-30-32-17-20-9-7-11-23(29(20)35-30)19-8-6-10-21(31)14-19/h5-11,14-17,22H,1,12-13,18H2,2-4H3,(H,33,38)(H,32,34,35). The Balaban J connectivity index is 1.54. The Morgan fingerprint density at radius 2 is 2.00 bits per heavy atom. The molecule has 0 spiro atoms. The number of halogens is 1. The molecule has 1 aromatic heterocycles. The summed E-state index contributed by atoms with van der Waals surface area (Å²) in [5, 5.41) is 7.02. The minimum absolute atomic E-state index is 0.308. The second-order valence-corrected chi connectivity index (χ2v) is 9.69. The minimum Gasteiger partial charge on any atom is -0.494 e. The van der Waals surface area contributed by atoms with Gasteiger partial charge in [-0.2, -0.15) is 0 Å². The summed E-state index contributed by atoms with van der Waals surface area (Å²) in [4.78, 5) is 26.0. The van der Waals surface area contributed by atoms with E-state index in [1.165, 1.54) is 18.2 Å². The lowest BCUT2D eigenvalue weighted by Crippen LogP contribution is -2.31. The Morgan fingerprint density at radius 3 is 2.72 bits per heavy atom. The Labute approximate surface area is 227 Å². The molecule has 1 aliphatic rings. The van der Waals surface area contributed by atoms with E-state index in [4.69, 9.17) is 9.72 Å². The van der Waals surface area contributed by atoms with Gasteiger partial charge < -0.3 is 25.2 Å². The van der Waals surface area contributed by atoms with E-state index in [-0.39, 0.29) is 11.7 Å². The third-order valence-electron chi connectivity index (χ3n) is 6.99. The summed E-state index contributed by atoms with van der Waals surface area (Å²) in [5.74, 6) is 0.299. The number of benzene rings is 3. The first kappa shape index (κ1) is 26.1. The average Bonchev–Trinajstić information content (AvgIpc) is 3.43. The number of rotatable bonds is 8. The number of carbonyl (C=O) groups is 1. The number of fused-ring (bicyclic) bond motifs is 1. The Hall–Kier alpha value is -4.50. The van der Waals surface area contributed by atoms with E-state index in [1.54, 1.807) is 19.4 Å². The van der Waals surface area contributed by atoms with E-state index >= 15 is 0 Å². The fourth-order valence-electron chi connectivity index (χ4n) is 4.89. The lowest BCUT2D eigenvalue weighted by Gasteiger charge is -2.25. The summed E-state index contributed by atoms with van der Waals surface area (Å²) in [6.45, 7) is 5.28. The van der Waals surface area contributed by atoms with Crippen LogP contribution in [0.25, 0.3) is 22.0 Å². The van der Waals surface area contributed by atoms with Gasteiger partial charge in [-0.1, -0.05) is 36.9 Å². The van der Waals surface area contributed by atoms with E-state index in [1.807, 2.05) is 36.4 Å². The van der Waals surface area contributed by atoms with Crippen LogP contribution >= 0.6 is 0 Å². The van der Waals surface area contributed by atoms with Gasteiger partial charge in [0, 0.05) is 42.3 Å². The summed E-state index contributed by atoms with van der Waals surface area (Å²) in [6.07, 6.45) is 3.98. The number of aromatic nitrogens is 2. The van der Waals surface area contributed by atoms with Gasteiger partial charge in [-0.25, -0.2) is 14.4 Å². The zero-order valence-electron chi connectivity index (χ0n) is 22.2. The number of likely N-dealkylation sites (N-methyl/N-ethyl adjacent to an activating group) is 1. The number of ether oxygens (including phenoxy) is 1. The molecule has 0 bridgehead atoms. The molecule has 0 radical (unpaired) electrons. The number of hydrogen-bond acceptors (Lipinski definition) is 7. The Morgan fingerprint density at radius 1 is 1.18 bits per heavy atom. The lowest BCUT2D eigenvalue weighted by molar-refractivity contribution is -0.111. The molecule has 200 valence electrons. The molecule has 8 nitrogen and oxygen atoms in total. The maximum absolute atomic E-state index is 14.0. The van der Waals surface area contributed by atoms with E-state index < -0.39 is 0 Å². The van der Waals surface area contributed by atoms with Crippen LogP contribution in [0.2, 0.25) is 0 Å². The summed E-state index contributed by atoms with van der Waals surface area (Å²) in [7, 11) is 5.75. The van der Waals surface area contributed by atoms with Crippen LogP contribution in [0, 0.1) is 5.82 Å². The van der Waals surface area contributed by atoms with Crippen molar-refractivity contribution < 1.29 is 13.9 Å². The van der Waals surface area contributed by atoms with E-state index in [9.17, 15) is 9.18 Å². The quantitative estimate of drug-likeness (QED) is 0.295. The van der Waals surface area contributed by atoms with Gasteiger partial charge in [0.05, 0.1) is 29.7 Å². The number of nitrogens with one attached hydrogen (secondary N) is 2. The maximum atomic E-state index is 14.0. The van der Waals surface area contributed by atoms with Crippen molar-refractivity contribution in [2.45, 2.75) is 12.5 Å². The number of para-hydroxylation sites is 1. The predicted octanol–water partition coefficient (Wildman–Crippen LogP) is 5.45. The van der Waals surface area contributed by atoms with Gasteiger partial charge in [-0.05, 0) is 50.4 Å². The van der Waals surface area contributed by atoms with Crippen molar-refractivity contribution in [1.29, 1.82) is 0 Å². The van der Waals surface area contributed by atoms with Crippen LogP contribution < -0.4 is 20.3 Å². The molecule has 1 atom stereocenters. The molecule has 1 fully saturated rings. The van der Waals surface area contributed by atoms with Crippen molar-refractivity contribution >= 4 is 39.8 Å². The Kier molecular flexibility index (Phi) is 7.42. The number of carbonyl (C=O) groups excluding carboxylic acids is 1.